The second-order valence-corrected chi connectivity index (χ2v) is 13.9. The van der Waals surface area contributed by atoms with Gasteiger partial charge >= 0.3 is 5.97 Å². The number of hydrogen-bond acceptors (Lipinski definition) is 7. The standard InChI is InChI=1S/C32H44O7/c1-18(2)28(36)37-17-25(35)32-26(38-29(39-32)19-8-6-5-7-9-19)15-23-22-11-10-20-14-21(33)12-13-30(20,3)27(22)24(34)16-31(23,32)4/h12-14,18-19,22-24,26-27,29,34H,5-11,15-17H2,1-4H3/t22-,23-,24-,26+,27+,29-,30-,31-,32+/m0/s1. The van der Waals surface area contributed by atoms with Crippen molar-refractivity contribution in [2.24, 2.45) is 40.4 Å². The van der Waals surface area contributed by atoms with E-state index < -0.39 is 35.5 Å². The van der Waals surface area contributed by atoms with Gasteiger partial charge in [0.2, 0.25) is 5.78 Å². The number of ether oxygens (including phenoxy) is 3. The van der Waals surface area contributed by atoms with Crippen molar-refractivity contribution in [1.82, 2.24) is 0 Å². The largest absolute Gasteiger partial charge is 0.457 e. The van der Waals surface area contributed by atoms with Crippen LogP contribution < -0.4 is 0 Å². The average Bonchev–Trinajstić information content (AvgIpc) is 3.41. The van der Waals surface area contributed by atoms with Crippen molar-refractivity contribution in [1.29, 1.82) is 0 Å². The molecule has 5 fully saturated rings. The third-order valence-corrected chi connectivity index (χ3v) is 11.5. The first-order chi connectivity index (χ1) is 18.5. The molecule has 1 heterocycles. The Balaban J connectivity index is 1.35. The zero-order chi connectivity index (χ0) is 27.7. The van der Waals surface area contributed by atoms with E-state index in [9.17, 15) is 19.5 Å². The van der Waals surface area contributed by atoms with Gasteiger partial charge in [-0.25, -0.2) is 0 Å². The number of hydrogen-bond donors (Lipinski definition) is 1. The van der Waals surface area contributed by atoms with Gasteiger partial charge in [-0.05, 0) is 62.5 Å². The monoisotopic (exact) mass is 540 g/mol. The summed E-state index contributed by atoms with van der Waals surface area (Å²) in [6.45, 7) is 7.44. The minimum Gasteiger partial charge on any atom is -0.457 e. The van der Waals surface area contributed by atoms with E-state index in [0.29, 0.717) is 12.8 Å². The van der Waals surface area contributed by atoms with Crippen LogP contribution in [-0.2, 0) is 28.6 Å². The maximum Gasteiger partial charge on any atom is 0.308 e. The topological polar surface area (TPSA) is 99.1 Å². The molecule has 0 amide bonds. The lowest BCUT2D eigenvalue weighted by molar-refractivity contribution is -0.210. The maximum absolute atomic E-state index is 14.2. The number of Topliss-reactive ketones (excluding diaryl/α,β-unsaturated/α-hetero) is 1. The Labute approximate surface area is 231 Å². The van der Waals surface area contributed by atoms with Gasteiger partial charge in [0.05, 0.1) is 18.1 Å². The van der Waals surface area contributed by atoms with Gasteiger partial charge in [-0.2, -0.15) is 0 Å². The number of carbonyl (C=O) groups excluding carboxylic acids is 3. The Morgan fingerprint density at radius 3 is 2.62 bits per heavy atom. The second kappa shape index (κ2) is 9.63. The Hall–Kier alpha value is -1.83. The fourth-order valence-electron chi connectivity index (χ4n) is 9.62. The summed E-state index contributed by atoms with van der Waals surface area (Å²) < 4.78 is 19.0. The molecule has 7 nitrogen and oxygen atoms in total. The molecule has 4 saturated carbocycles. The van der Waals surface area contributed by atoms with E-state index in [1.807, 2.05) is 6.08 Å². The molecule has 0 radical (unpaired) electrons. The third kappa shape index (κ3) is 3.97. The van der Waals surface area contributed by atoms with E-state index in [2.05, 4.69) is 13.8 Å². The molecule has 214 valence electrons. The van der Waals surface area contributed by atoms with Crippen molar-refractivity contribution in [3.8, 4) is 0 Å². The van der Waals surface area contributed by atoms with Crippen molar-refractivity contribution in [3.63, 3.8) is 0 Å². The predicted molar refractivity (Wildman–Crippen MR) is 143 cm³/mol. The van der Waals surface area contributed by atoms with Crippen LogP contribution in [0.15, 0.2) is 23.8 Å². The first-order valence-electron chi connectivity index (χ1n) is 15.2. The lowest BCUT2D eigenvalue weighted by atomic mass is 9.46. The summed E-state index contributed by atoms with van der Waals surface area (Å²) in [4.78, 5) is 38.7. The first-order valence-corrected chi connectivity index (χ1v) is 15.2. The number of rotatable bonds is 5. The summed E-state index contributed by atoms with van der Waals surface area (Å²) in [6, 6.07) is 0. The molecule has 1 aliphatic heterocycles. The normalized spacial score (nSPS) is 45.3. The lowest BCUT2D eigenvalue weighted by Gasteiger charge is -2.59. The second-order valence-electron chi connectivity index (χ2n) is 13.9. The quantitative estimate of drug-likeness (QED) is 0.505. The van der Waals surface area contributed by atoms with Gasteiger partial charge in [-0.3, -0.25) is 14.4 Å². The average molecular weight is 541 g/mol. The summed E-state index contributed by atoms with van der Waals surface area (Å²) in [5, 5.41) is 11.9. The highest BCUT2D eigenvalue weighted by Crippen LogP contribution is 2.70. The number of ketones is 2. The van der Waals surface area contributed by atoms with Gasteiger partial charge in [0.15, 0.2) is 24.3 Å². The van der Waals surface area contributed by atoms with E-state index in [1.165, 1.54) is 6.42 Å². The molecule has 6 aliphatic rings. The minimum atomic E-state index is -1.25. The molecule has 0 aromatic heterocycles. The van der Waals surface area contributed by atoms with Crippen LogP contribution in [0.2, 0.25) is 0 Å². The molecule has 5 aliphatic carbocycles. The van der Waals surface area contributed by atoms with E-state index in [4.69, 9.17) is 14.2 Å². The van der Waals surface area contributed by atoms with Crippen molar-refractivity contribution >= 4 is 17.5 Å². The molecule has 0 aromatic carbocycles. The van der Waals surface area contributed by atoms with Crippen LogP contribution >= 0.6 is 0 Å². The van der Waals surface area contributed by atoms with Crippen LogP contribution in [-0.4, -0.2) is 53.3 Å². The summed E-state index contributed by atoms with van der Waals surface area (Å²) in [5.41, 5.74) is -1.19. The Morgan fingerprint density at radius 1 is 1.15 bits per heavy atom. The molecule has 0 aromatic rings. The van der Waals surface area contributed by atoms with Crippen molar-refractivity contribution in [2.45, 2.75) is 110 Å². The first kappa shape index (κ1) is 27.3. The van der Waals surface area contributed by atoms with Gasteiger partial charge in [-0.1, -0.05) is 58.6 Å². The lowest BCUT2D eigenvalue weighted by Crippen LogP contribution is -2.63. The maximum atomic E-state index is 14.2. The van der Waals surface area contributed by atoms with Crippen molar-refractivity contribution in [2.75, 3.05) is 6.61 Å². The highest BCUT2D eigenvalue weighted by molar-refractivity contribution is 6.01. The fraction of sp³-hybridized carbons (Fsp3) is 0.781. The van der Waals surface area contributed by atoms with Crippen LogP contribution in [0, 0.1) is 40.4 Å². The molecule has 9 atom stereocenters. The summed E-state index contributed by atoms with van der Waals surface area (Å²) >= 11 is 0. The highest BCUT2D eigenvalue weighted by Gasteiger charge is 2.76. The van der Waals surface area contributed by atoms with Crippen LogP contribution in [0.3, 0.4) is 0 Å². The molecule has 1 N–H and O–H groups in total. The smallest absolute Gasteiger partial charge is 0.308 e. The molecule has 0 bridgehead atoms. The van der Waals surface area contributed by atoms with E-state index in [1.54, 1.807) is 26.0 Å². The molecule has 1 saturated heterocycles. The number of fused-ring (bicyclic) bond motifs is 7. The number of allylic oxidation sites excluding steroid dienone is 4. The summed E-state index contributed by atoms with van der Waals surface area (Å²) in [6.07, 6.45) is 12.2. The highest BCUT2D eigenvalue weighted by atomic mass is 16.7. The van der Waals surface area contributed by atoms with Crippen molar-refractivity contribution in [3.05, 3.63) is 23.8 Å². The van der Waals surface area contributed by atoms with Crippen LogP contribution in [0.4, 0.5) is 0 Å². The Kier molecular flexibility index (Phi) is 6.75. The minimum absolute atomic E-state index is 0.0162. The van der Waals surface area contributed by atoms with Crippen molar-refractivity contribution < 1.29 is 33.7 Å². The molecule has 0 spiro atoms. The number of carbonyl (C=O) groups is 3. The van der Waals surface area contributed by atoms with Gasteiger partial charge in [0.25, 0.3) is 0 Å². The summed E-state index contributed by atoms with van der Waals surface area (Å²) in [7, 11) is 0. The SMILES string of the molecule is CC(C)C(=O)OCC(=O)[C@@]12O[C@@H](C3CCCCC3)O[C@@H]1C[C@H]1[C@@H]3CCC4=CC(=O)C=C[C@]4(C)[C@H]3[C@@H](O)C[C@@]12C. The van der Waals surface area contributed by atoms with Gasteiger partial charge < -0.3 is 19.3 Å². The Bertz CT molecular complexity index is 1100. The van der Waals surface area contributed by atoms with Gasteiger partial charge in [0.1, 0.15) is 0 Å². The number of aliphatic hydroxyl groups is 1. The molecular weight excluding hydrogens is 496 g/mol. The molecule has 7 heteroatoms. The zero-order valence-corrected chi connectivity index (χ0v) is 23.8. The van der Waals surface area contributed by atoms with E-state index in [-0.39, 0.29) is 53.2 Å². The third-order valence-electron chi connectivity index (χ3n) is 11.5. The van der Waals surface area contributed by atoms with Crippen LogP contribution in [0.1, 0.15) is 85.5 Å². The van der Waals surface area contributed by atoms with Crippen LogP contribution in [0.5, 0.6) is 0 Å². The fourth-order valence-corrected chi connectivity index (χ4v) is 9.62. The van der Waals surface area contributed by atoms with Gasteiger partial charge in [-0.15, -0.1) is 0 Å². The van der Waals surface area contributed by atoms with E-state index in [0.717, 1.165) is 44.1 Å². The molecule has 0 unspecified atom stereocenters. The zero-order valence-electron chi connectivity index (χ0n) is 23.8. The van der Waals surface area contributed by atoms with E-state index >= 15 is 0 Å². The molecular formula is C32H44O7. The molecule has 6 rings (SSSR count). The number of aliphatic hydroxyl groups excluding tert-OH is 1. The van der Waals surface area contributed by atoms with Crippen LogP contribution in [0.25, 0.3) is 0 Å². The predicted octanol–water partition coefficient (Wildman–Crippen LogP) is 4.70. The Morgan fingerprint density at radius 2 is 1.90 bits per heavy atom. The summed E-state index contributed by atoms with van der Waals surface area (Å²) in [5.74, 6) is -0.471. The number of esters is 1. The van der Waals surface area contributed by atoms with Gasteiger partial charge in [0, 0.05) is 22.7 Å². The molecule has 39 heavy (non-hydrogen) atoms.